The van der Waals surface area contributed by atoms with Crippen molar-refractivity contribution in [2.75, 3.05) is 4.81 Å². The number of anilines is 1. The Balaban J connectivity index is 1.21. The van der Waals surface area contributed by atoms with Crippen LogP contribution >= 0.6 is 0 Å². The molecule has 0 atom stereocenters. The fourth-order valence-corrected chi connectivity index (χ4v) is 6.85. The molecule has 48 heavy (non-hydrogen) atoms. The van der Waals surface area contributed by atoms with E-state index in [1.807, 2.05) is 60.7 Å². The number of aromatic nitrogens is 3. The minimum atomic E-state index is 0.173. The van der Waals surface area contributed by atoms with Gasteiger partial charge in [-0.05, 0) is 63.8 Å². The maximum atomic E-state index is 5.02. The minimum absolute atomic E-state index is 0.173. The molecule has 0 saturated carbocycles. The third-order valence-corrected chi connectivity index (χ3v) is 9.17. The Labute approximate surface area is 280 Å². The summed E-state index contributed by atoms with van der Waals surface area (Å²) in [5.74, 6) is 4.22. The average molecular weight is 613 g/mol. The summed E-state index contributed by atoms with van der Waals surface area (Å²) < 4.78 is 0. The van der Waals surface area contributed by atoms with Gasteiger partial charge in [0.25, 0.3) is 0 Å². The van der Waals surface area contributed by atoms with E-state index in [-0.39, 0.29) is 6.85 Å². The summed E-state index contributed by atoms with van der Waals surface area (Å²) in [5, 5.41) is 0. The molecular formula is C43H29BN4. The molecule has 1 aromatic heterocycles. The molecule has 0 unspecified atom stereocenters. The molecule has 0 N–H and O–H groups in total. The van der Waals surface area contributed by atoms with Crippen LogP contribution in [0.15, 0.2) is 176 Å². The van der Waals surface area contributed by atoms with Crippen molar-refractivity contribution in [3.63, 3.8) is 0 Å². The van der Waals surface area contributed by atoms with Crippen molar-refractivity contribution in [2.24, 2.45) is 0 Å². The van der Waals surface area contributed by atoms with Crippen molar-refractivity contribution in [1.29, 1.82) is 0 Å². The topological polar surface area (TPSA) is 41.9 Å². The van der Waals surface area contributed by atoms with Crippen LogP contribution in [0.2, 0.25) is 0 Å². The van der Waals surface area contributed by atoms with Crippen LogP contribution in [0.4, 0.5) is 5.69 Å². The van der Waals surface area contributed by atoms with Gasteiger partial charge < -0.3 is 4.81 Å². The molecule has 0 fully saturated rings. The van der Waals surface area contributed by atoms with Gasteiger partial charge in [0.2, 0.25) is 0 Å². The second kappa shape index (κ2) is 11.8. The van der Waals surface area contributed by atoms with E-state index in [9.17, 15) is 0 Å². The second-order valence-corrected chi connectivity index (χ2v) is 12.1. The molecule has 3 heterocycles. The van der Waals surface area contributed by atoms with Crippen molar-refractivity contribution in [3.8, 4) is 67.5 Å². The summed E-state index contributed by atoms with van der Waals surface area (Å²) in [6.07, 6.45) is 6.44. The first kappa shape index (κ1) is 27.9. The molecule has 2 aliphatic heterocycles. The average Bonchev–Trinajstić information content (AvgIpc) is 3.18. The minimum Gasteiger partial charge on any atom is -0.383 e. The predicted molar refractivity (Wildman–Crippen MR) is 199 cm³/mol. The van der Waals surface area contributed by atoms with E-state index in [2.05, 4.69) is 120 Å². The molecule has 5 heteroatoms. The zero-order valence-corrected chi connectivity index (χ0v) is 26.1. The summed E-state index contributed by atoms with van der Waals surface area (Å²) in [5.41, 5.74) is 12.5. The van der Waals surface area contributed by atoms with Gasteiger partial charge >= 0.3 is 6.85 Å². The number of nitrogens with zero attached hydrogens (tertiary/aromatic N) is 4. The molecule has 6 aromatic carbocycles. The lowest BCUT2D eigenvalue weighted by atomic mass is 9.49. The maximum Gasteiger partial charge on any atom is 0.320 e. The van der Waals surface area contributed by atoms with Crippen LogP contribution in [0.1, 0.15) is 0 Å². The molecule has 7 aromatic rings. The highest BCUT2D eigenvalue weighted by molar-refractivity contribution is 6.83. The van der Waals surface area contributed by atoms with Crippen LogP contribution in [0, 0.1) is 0 Å². The van der Waals surface area contributed by atoms with Gasteiger partial charge in [0.15, 0.2) is 17.5 Å². The monoisotopic (exact) mass is 612 g/mol. The maximum absolute atomic E-state index is 5.02. The summed E-state index contributed by atoms with van der Waals surface area (Å²) in [7, 11) is 0. The van der Waals surface area contributed by atoms with E-state index in [4.69, 9.17) is 15.0 Å². The molecule has 0 spiro atoms. The summed E-state index contributed by atoms with van der Waals surface area (Å²) in [6, 6.07) is 53.0. The Morgan fingerprint density at radius 3 is 1.65 bits per heavy atom. The fraction of sp³-hybridized carbons (Fsp3) is 0. The molecule has 0 saturated heterocycles. The second-order valence-electron chi connectivity index (χ2n) is 12.1. The van der Waals surface area contributed by atoms with E-state index in [0.717, 1.165) is 33.4 Å². The van der Waals surface area contributed by atoms with Crippen molar-refractivity contribution >= 4 is 18.0 Å². The summed E-state index contributed by atoms with van der Waals surface area (Å²) in [6.45, 7) is 0.173. The van der Waals surface area contributed by atoms with E-state index in [1.165, 1.54) is 27.8 Å². The smallest absolute Gasteiger partial charge is 0.320 e. The van der Waals surface area contributed by atoms with Crippen LogP contribution in [-0.4, -0.2) is 21.8 Å². The molecule has 0 radical (unpaired) electrons. The quantitative estimate of drug-likeness (QED) is 0.182. The van der Waals surface area contributed by atoms with Gasteiger partial charge in [-0.3, -0.25) is 0 Å². The number of allylic oxidation sites excluding steroid dienone is 2. The lowest BCUT2D eigenvalue weighted by molar-refractivity contribution is 1.07. The van der Waals surface area contributed by atoms with E-state index >= 15 is 0 Å². The first-order chi connectivity index (χ1) is 23.8. The highest BCUT2D eigenvalue weighted by Gasteiger charge is 2.33. The molecule has 9 rings (SSSR count). The lowest BCUT2D eigenvalue weighted by Gasteiger charge is -2.36. The lowest BCUT2D eigenvalue weighted by Crippen LogP contribution is -2.49. The molecule has 0 aliphatic carbocycles. The van der Waals surface area contributed by atoms with E-state index in [1.54, 1.807) is 0 Å². The molecule has 0 amide bonds. The number of rotatable bonds is 5. The van der Waals surface area contributed by atoms with Crippen LogP contribution in [-0.2, 0) is 0 Å². The number of para-hydroxylation sites is 1. The summed E-state index contributed by atoms with van der Waals surface area (Å²) >= 11 is 0. The zero-order valence-electron chi connectivity index (χ0n) is 26.1. The largest absolute Gasteiger partial charge is 0.383 e. The van der Waals surface area contributed by atoms with Crippen LogP contribution in [0.25, 0.3) is 67.5 Å². The van der Waals surface area contributed by atoms with Crippen molar-refractivity contribution in [1.82, 2.24) is 15.0 Å². The van der Waals surface area contributed by atoms with Crippen molar-refractivity contribution in [3.05, 3.63) is 176 Å². The molecule has 224 valence electrons. The van der Waals surface area contributed by atoms with Gasteiger partial charge in [0.05, 0.1) is 0 Å². The van der Waals surface area contributed by atoms with Gasteiger partial charge in [0.1, 0.15) is 0 Å². The Kier molecular flexibility index (Phi) is 6.87. The highest BCUT2D eigenvalue weighted by Crippen LogP contribution is 2.41. The number of benzene rings is 6. The first-order valence-corrected chi connectivity index (χ1v) is 16.2. The number of hydrogen-bond acceptors (Lipinski definition) is 4. The van der Waals surface area contributed by atoms with Crippen molar-refractivity contribution < 1.29 is 0 Å². The van der Waals surface area contributed by atoms with Gasteiger partial charge in [-0.1, -0.05) is 146 Å². The Morgan fingerprint density at radius 1 is 0.396 bits per heavy atom. The third-order valence-electron chi connectivity index (χ3n) is 9.17. The molecular weight excluding hydrogens is 583 g/mol. The number of hydrogen-bond donors (Lipinski definition) is 0. The Morgan fingerprint density at radius 2 is 0.958 bits per heavy atom. The van der Waals surface area contributed by atoms with Gasteiger partial charge in [-0.25, -0.2) is 15.0 Å². The van der Waals surface area contributed by atoms with Gasteiger partial charge in [-0.15, -0.1) is 0 Å². The fourth-order valence-electron chi connectivity index (χ4n) is 6.85. The van der Waals surface area contributed by atoms with Crippen LogP contribution < -0.4 is 10.3 Å². The third kappa shape index (κ3) is 4.93. The first-order valence-electron chi connectivity index (χ1n) is 16.2. The van der Waals surface area contributed by atoms with Gasteiger partial charge in [-0.2, -0.15) is 0 Å². The van der Waals surface area contributed by atoms with E-state index in [0.29, 0.717) is 17.5 Å². The Bertz CT molecular complexity index is 2290. The molecule has 2 aliphatic rings. The van der Waals surface area contributed by atoms with Crippen LogP contribution in [0.5, 0.6) is 0 Å². The zero-order chi connectivity index (χ0) is 31.9. The van der Waals surface area contributed by atoms with E-state index < -0.39 is 0 Å². The number of fused-ring (bicyclic) bond motifs is 6. The normalized spacial score (nSPS) is 12.8. The molecule has 0 bridgehead atoms. The predicted octanol–water partition coefficient (Wildman–Crippen LogP) is 9.51. The van der Waals surface area contributed by atoms with Crippen molar-refractivity contribution in [2.45, 2.75) is 0 Å². The Hall–Kier alpha value is -6.33. The summed E-state index contributed by atoms with van der Waals surface area (Å²) in [4.78, 5) is 17.3. The van der Waals surface area contributed by atoms with Crippen LogP contribution in [0.3, 0.4) is 0 Å². The SMILES string of the molecule is C1=CB2c3ccc(-c4ccc(-c5nc(-c6ccccc6)nc(-c6ccccc6)n5)cc4-c4ccccc4)cc3-c3ccccc3N2C=C1. The molecule has 4 nitrogen and oxygen atoms in total. The highest BCUT2D eigenvalue weighted by atomic mass is 15.1. The standard InChI is InChI=1S/C43H29BN4/c1-4-14-30(15-5-1)37-29-34(43-46-41(31-16-6-2-7-17-31)45-42(47-43)32-18-8-3-9-19-32)22-24-35(37)33-23-25-39-38(28-33)36-20-10-11-21-40(36)48-27-13-12-26-44(39)48/h1-29H. The van der Waals surface area contributed by atoms with Gasteiger partial charge in [0, 0.05) is 27.9 Å².